The van der Waals surface area contributed by atoms with Gasteiger partial charge in [-0.15, -0.1) is 0 Å². The lowest BCUT2D eigenvalue weighted by Gasteiger charge is -2.15. The first-order chi connectivity index (χ1) is 12.6. The van der Waals surface area contributed by atoms with Crippen molar-refractivity contribution in [3.63, 3.8) is 0 Å². The molecule has 26 heavy (non-hydrogen) atoms. The normalized spacial score (nSPS) is 15.1. The van der Waals surface area contributed by atoms with Crippen molar-refractivity contribution >= 4 is 29.3 Å². The number of alkyl carbamates (subject to hydrolysis) is 1. The molecule has 138 valence electrons. The molecule has 2 heterocycles. The highest BCUT2D eigenvalue weighted by Gasteiger charge is 2.28. The van der Waals surface area contributed by atoms with Gasteiger partial charge in [0.25, 0.3) is 0 Å². The molecule has 1 atom stereocenters. The third kappa shape index (κ3) is 4.30. The number of halogens is 2. The van der Waals surface area contributed by atoms with E-state index in [-0.39, 0.29) is 26.4 Å². The summed E-state index contributed by atoms with van der Waals surface area (Å²) in [6, 6.07) is 6.66. The van der Waals surface area contributed by atoms with Crippen LogP contribution >= 0.6 is 23.2 Å². The maximum Gasteiger partial charge on any atom is 0.408 e. The molecule has 0 aliphatic carbocycles. The Balaban J connectivity index is 1.63. The van der Waals surface area contributed by atoms with Gasteiger partial charge in [-0.25, -0.2) is 9.78 Å². The largest absolute Gasteiger partial charge is 0.491 e. The number of aliphatic hydroxyl groups excluding tert-OH is 1. The molecular formula is C17H16Cl2N2O5. The van der Waals surface area contributed by atoms with Crippen LogP contribution in [0.1, 0.15) is 17.2 Å². The van der Waals surface area contributed by atoms with Crippen molar-refractivity contribution in [3.05, 3.63) is 51.6 Å². The number of ether oxygens (including phenoxy) is 3. The molecule has 7 nitrogen and oxygen atoms in total. The van der Waals surface area contributed by atoms with Crippen LogP contribution in [0.25, 0.3) is 0 Å². The minimum atomic E-state index is -0.630. The van der Waals surface area contributed by atoms with Crippen LogP contribution in [0.4, 0.5) is 4.79 Å². The van der Waals surface area contributed by atoms with Crippen LogP contribution < -0.4 is 14.8 Å². The standard InChI is InChI=1S/C17H16Cl2N2O5/c18-10-6-13(19)12(14(7-10)24-5-4-22)8-21-17(23)26-15-9-25-16-11(15)2-1-3-20-16/h1-3,6-7,15,22H,4-5,8-9H2,(H,21,23). The van der Waals surface area contributed by atoms with E-state index in [0.29, 0.717) is 27.2 Å². The van der Waals surface area contributed by atoms with E-state index in [1.165, 1.54) is 0 Å². The van der Waals surface area contributed by atoms with Crippen molar-refractivity contribution in [2.75, 3.05) is 19.8 Å². The minimum Gasteiger partial charge on any atom is -0.491 e. The van der Waals surface area contributed by atoms with E-state index in [0.717, 1.165) is 5.56 Å². The number of hydrogen-bond donors (Lipinski definition) is 2. The zero-order valence-electron chi connectivity index (χ0n) is 13.6. The highest BCUT2D eigenvalue weighted by atomic mass is 35.5. The van der Waals surface area contributed by atoms with E-state index in [9.17, 15) is 4.79 Å². The van der Waals surface area contributed by atoms with Crippen LogP contribution in [0.3, 0.4) is 0 Å². The Morgan fingerprint density at radius 3 is 3.08 bits per heavy atom. The van der Waals surface area contributed by atoms with Gasteiger partial charge >= 0.3 is 6.09 Å². The second-order valence-corrected chi connectivity index (χ2v) is 6.24. The summed E-state index contributed by atoms with van der Waals surface area (Å²) >= 11 is 12.2. The molecule has 1 aliphatic heterocycles. The first-order valence-corrected chi connectivity index (χ1v) is 8.58. The van der Waals surface area contributed by atoms with E-state index in [2.05, 4.69) is 10.3 Å². The average Bonchev–Trinajstić information content (AvgIpc) is 3.02. The van der Waals surface area contributed by atoms with Crippen molar-refractivity contribution in [1.29, 1.82) is 0 Å². The Kier molecular flexibility index (Phi) is 6.03. The first kappa shape index (κ1) is 18.6. The molecule has 1 amide bonds. The number of aromatic nitrogens is 1. The van der Waals surface area contributed by atoms with Gasteiger partial charge in [0.2, 0.25) is 5.88 Å². The second kappa shape index (κ2) is 8.44. The number of carbonyl (C=O) groups excluding carboxylic acids is 1. The highest BCUT2D eigenvalue weighted by Crippen LogP contribution is 2.33. The molecule has 9 heteroatoms. The number of pyridine rings is 1. The summed E-state index contributed by atoms with van der Waals surface area (Å²) in [4.78, 5) is 16.2. The highest BCUT2D eigenvalue weighted by molar-refractivity contribution is 6.35. The fourth-order valence-corrected chi connectivity index (χ4v) is 3.02. The van der Waals surface area contributed by atoms with Crippen LogP contribution in [0.5, 0.6) is 11.6 Å². The van der Waals surface area contributed by atoms with Gasteiger partial charge < -0.3 is 24.6 Å². The Bertz CT molecular complexity index is 803. The number of aliphatic hydroxyl groups is 1. The van der Waals surface area contributed by atoms with Gasteiger partial charge in [-0.3, -0.25) is 0 Å². The van der Waals surface area contributed by atoms with Gasteiger partial charge in [0, 0.05) is 16.8 Å². The monoisotopic (exact) mass is 398 g/mol. The summed E-state index contributed by atoms with van der Waals surface area (Å²) in [6.07, 6.45) is 0.455. The summed E-state index contributed by atoms with van der Waals surface area (Å²) in [7, 11) is 0. The molecule has 0 bridgehead atoms. The average molecular weight is 399 g/mol. The van der Waals surface area contributed by atoms with Crippen LogP contribution in [0.15, 0.2) is 30.5 Å². The Morgan fingerprint density at radius 1 is 1.42 bits per heavy atom. The number of rotatable bonds is 6. The smallest absolute Gasteiger partial charge is 0.408 e. The summed E-state index contributed by atoms with van der Waals surface area (Å²) in [5.41, 5.74) is 1.25. The number of carbonyl (C=O) groups is 1. The predicted octanol–water partition coefficient (Wildman–Crippen LogP) is 3.12. The van der Waals surface area contributed by atoms with E-state index in [4.69, 9.17) is 42.5 Å². The quantitative estimate of drug-likeness (QED) is 0.776. The Labute approximate surface area is 159 Å². The molecule has 0 saturated carbocycles. The number of nitrogens with one attached hydrogen (secondary N) is 1. The molecule has 0 spiro atoms. The summed E-state index contributed by atoms with van der Waals surface area (Å²) in [5.74, 6) is 0.848. The lowest BCUT2D eigenvalue weighted by atomic mass is 10.2. The van der Waals surface area contributed by atoms with Gasteiger partial charge in [0.15, 0.2) is 6.10 Å². The lowest BCUT2D eigenvalue weighted by Crippen LogP contribution is -2.26. The number of amides is 1. The van der Waals surface area contributed by atoms with Gasteiger partial charge in [0.1, 0.15) is 19.0 Å². The van der Waals surface area contributed by atoms with Gasteiger partial charge in [-0.2, -0.15) is 0 Å². The topological polar surface area (TPSA) is 89.9 Å². The van der Waals surface area contributed by atoms with Gasteiger partial charge in [0.05, 0.1) is 23.7 Å². The molecule has 2 N–H and O–H groups in total. The molecule has 0 saturated heterocycles. The Hall–Kier alpha value is -2.22. The number of fused-ring (bicyclic) bond motifs is 1. The maximum absolute atomic E-state index is 12.1. The first-order valence-electron chi connectivity index (χ1n) is 7.82. The number of hydrogen-bond acceptors (Lipinski definition) is 6. The summed E-state index contributed by atoms with van der Waals surface area (Å²) < 4.78 is 16.2. The SMILES string of the molecule is O=C(NCc1c(Cl)cc(Cl)cc1OCCO)OC1COc2ncccc21. The van der Waals surface area contributed by atoms with E-state index < -0.39 is 12.2 Å². The van der Waals surface area contributed by atoms with E-state index in [1.807, 2.05) is 0 Å². The molecule has 3 rings (SSSR count). The molecule has 1 aliphatic rings. The predicted molar refractivity (Wildman–Crippen MR) is 94.8 cm³/mol. The van der Waals surface area contributed by atoms with Crippen LogP contribution in [0.2, 0.25) is 10.0 Å². The lowest BCUT2D eigenvalue weighted by molar-refractivity contribution is 0.0821. The molecular weight excluding hydrogens is 383 g/mol. The van der Waals surface area contributed by atoms with Crippen molar-refractivity contribution in [2.45, 2.75) is 12.6 Å². The zero-order chi connectivity index (χ0) is 18.5. The third-order valence-electron chi connectivity index (χ3n) is 3.65. The van der Waals surface area contributed by atoms with Gasteiger partial charge in [-0.05, 0) is 24.3 Å². The van der Waals surface area contributed by atoms with Crippen LogP contribution in [-0.4, -0.2) is 36.0 Å². The molecule has 1 aromatic carbocycles. The number of benzene rings is 1. The second-order valence-electron chi connectivity index (χ2n) is 5.39. The number of nitrogens with zero attached hydrogens (tertiary/aromatic N) is 1. The maximum atomic E-state index is 12.1. The molecule has 1 aromatic heterocycles. The Morgan fingerprint density at radius 2 is 2.27 bits per heavy atom. The van der Waals surface area contributed by atoms with E-state index in [1.54, 1.807) is 30.5 Å². The summed E-state index contributed by atoms with van der Waals surface area (Å²) in [5, 5.41) is 12.3. The summed E-state index contributed by atoms with van der Waals surface area (Å²) in [6.45, 7) is 0.209. The molecule has 0 radical (unpaired) electrons. The van der Waals surface area contributed by atoms with Crippen molar-refractivity contribution in [1.82, 2.24) is 10.3 Å². The van der Waals surface area contributed by atoms with Gasteiger partial charge in [-0.1, -0.05) is 23.2 Å². The van der Waals surface area contributed by atoms with Crippen molar-refractivity contribution < 1.29 is 24.1 Å². The van der Waals surface area contributed by atoms with E-state index >= 15 is 0 Å². The molecule has 1 unspecified atom stereocenters. The zero-order valence-corrected chi connectivity index (χ0v) is 15.1. The third-order valence-corrected chi connectivity index (χ3v) is 4.20. The minimum absolute atomic E-state index is 0.0725. The van der Waals surface area contributed by atoms with Crippen molar-refractivity contribution in [2.24, 2.45) is 0 Å². The van der Waals surface area contributed by atoms with Crippen molar-refractivity contribution in [3.8, 4) is 11.6 Å². The molecule has 0 fully saturated rings. The fraction of sp³-hybridized carbons (Fsp3) is 0.294. The van der Waals surface area contributed by atoms with Crippen LogP contribution in [-0.2, 0) is 11.3 Å². The fourth-order valence-electron chi connectivity index (χ4n) is 2.48. The van der Waals surface area contributed by atoms with Crippen LogP contribution in [0, 0.1) is 0 Å². The molecule has 2 aromatic rings.